The third-order valence-electron chi connectivity index (χ3n) is 1.32. The fourth-order valence-corrected chi connectivity index (χ4v) is 0.792. The first kappa shape index (κ1) is 6.80. The molecule has 1 heterocycles. The van der Waals surface area contributed by atoms with Crippen LogP contribution in [-0.4, -0.2) is 23.4 Å². The lowest BCUT2D eigenvalue weighted by Crippen LogP contribution is -2.30. The molecular weight excluding hydrogens is 132 g/mol. The predicted octanol–water partition coefficient (Wildman–Crippen LogP) is 0.0718. The highest BCUT2D eigenvalue weighted by atomic mass is 16.2. The maximum atomic E-state index is 10.9. The van der Waals surface area contributed by atoms with E-state index in [4.69, 9.17) is 0 Å². The third kappa shape index (κ3) is 0.775. The molecule has 1 N–H and O–H groups in total. The van der Waals surface area contributed by atoms with Gasteiger partial charge in [-0.15, -0.1) is 0 Å². The van der Waals surface area contributed by atoms with E-state index < -0.39 is 0 Å². The Kier molecular flexibility index (Phi) is 1.45. The molecule has 0 aliphatic carbocycles. The van der Waals surface area contributed by atoms with Gasteiger partial charge in [0.2, 0.25) is 0 Å². The Labute approximate surface area is 58.5 Å². The van der Waals surface area contributed by atoms with Gasteiger partial charge in [-0.25, -0.2) is 4.79 Å². The lowest BCUT2D eigenvalue weighted by Gasteiger charge is -2.05. The summed E-state index contributed by atoms with van der Waals surface area (Å²) in [6.07, 6.45) is 0. The van der Waals surface area contributed by atoms with Gasteiger partial charge in [0, 0.05) is 6.54 Å². The second kappa shape index (κ2) is 2.13. The second-order valence-corrected chi connectivity index (χ2v) is 1.96. The average molecular weight is 140 g/mol. The van der Waals surface area contributed by atoms with Crippen LogP contribution in [0, 0.1) is 0 Å². The summed E-state index contributed by atoms with van der Waals surface area (Å²) in [7, 11) is 0. The molecule has 0 bridgehead atoms. The summed E-state index contributed by atoms with van der Waals surface area (Å²) in [5.74, 6) is -0.326. The van der Waals surface area contributed by atoms with Crippen LogP contribution in [0.25, 0.3) is 0 Å². The van der Waals surface area contributed by atoms with Crippen molar-refractivity contribution in [2.45, 2.75) is 6.92 Å². The monoisotopic (exact) mass is 140 g/mol. The Morgan fingerprint density at radius 3 is 2.40 bits per heavy atom. The molecule has 0 spiro atoms. The molecule has 1 saturated heterocycles. The first-order valence-corrected chi connectivity index (χ1v) is 2.98. The van der Waals surface area contributed by atoms with E-state index in [-0.39, 0.29) is 17.6 Å². The lowest BCUT2D eigenvalue weighted by molar-refractivity contribution is -0.122. The van der Waals surface area contributed by atoms with Gasteiger partial charge in [-0.1, -0.05) is 6.58 Å². The third-order valence-corrected chi connectivity index (χ3v) is 1.32. The first-order valence-electron chi connectivity index (χ1n) is 2.98. The summed E-state index contributed by atoms with van der Waals surface area (Å²) in [6.45, 7) is 5.49. The number of amides is 3. The fourth-order valence-electron chi connectivity index (χ4n) is 0.792. The molecule has 0 radical (unpaired) electrons. The van der Waals surface area contributed by atoms with Crippen LogP contribution < -0.4 is 5.32 Å². The minimum absolute atomic E-state index is 0.159. The molecule has 0 saturated carbocycles. The Balaban J connectivity index is 2.84. The van der Waals surface area contributed by atoms with Gasteiger partial charge < -0.3 is 5.32 Å². The molecule has 3 amide bonds. The van der Waals surface area contributed by atoms with Crippen LogP contribution in [-0.2, 0) is 4.79 Å². The van der Waals surface area contributed by atoms with Crippen LogP contribution in [0.3, 0.4) is 0 Å². The number of hydrogen-bond donors (Lipinski definition) is 1. The molecule has 0 unspecified atom stereocenters. The minimum Gasteiger partial charge on any atom is -0.303 e. The number of carbonyl (C=O) groups is 2. The zero-order valence-corrected chi connectivity index (χ0v) is 5.68. The molecule has 0 atom stereocenters. The molecule has 10 heavy (non-hydrogen) atoms. The first-order chi connectivity index (χ1) is 4.66. The highest BCUT2D eigenvalue weighted by Crippen LogP contribution is 2.05. The molecule has 0 aromatic heterocycles. The van der Waals surface area contributed by atoms with E-state index in [1.54, 1.807) is 6.92 Å². The van der Waals surface area contributed by atoms with E-state index in [0.717, 1.165) is 4.90 Å². The molecule has 4 heteroatoms. The zero-order chi connectivity index (χ0) is 7.72. The molecule has 54 valence electrons. The lowest BCUT2D eigenvalue weighted by atomic mass is 10.5. The molecule has 4 nitrogen and oxygen atoms in total. The van der Waals surface area contributed by atoms with Gasteiger partial charge in [0.25, 0.3) is 5.91 Å². The number of urea groups is 1. The standard InChI is InChI=1S/C6H8N2O2/c1-3-8-5(9)4(2)7-6(8)10/h2-3H2,1H3,(H,7,10). The van der Waals surface area contributed by atoms with E-state index >= 15 is 0 Å². The van der Waals surface area contributed by atoms with Crippen LogP contribution in [0.1, 0.15) is 6.92 Å². The quantitative estimate of drug-likeness (QED) is 0.414. The molecule has 1 aliphatic heterocycles. The summed E-state index contributed by atoms with van der Waals surface area (Å²) in [5, 5.41) is 2.31. The van der Waals surface area contributed by atoms with Crippen molar-refractivity contribution < 1.29 is 9.59 Å². The van der Waals surface area contributed by atoms with Crippen molar-refractivity contribution in [1.29, 1.82) is 0 Å². The van der Waals surface area contributed by atoms with E-state index in [2.05, 4.69) is 11.9 Å². The summed E-state index contributed by atoms with van der Waals surface area (Å²) in [6, 6.07) is -0.377. The van der Waals surface area contributed by atoms with E-state index in [0.29, 0.717) is 6.54 Å². The number of likely N-dealkylation sites (N-methyl/N-ethyl adjacent to an activating group) is 1. The maximum absolute atomic E-state index is 10.9. The van der Waals surface area contributed by atoms with Gasteiger partial charge in [0.05, 0.1) is 0 Å². The van der Waals surface area contributed by atoms with Gasteiger partial charge in [-0.2, -0.15) is 0 Å². The molecular formula is C6H8N2O2. The number of hydrogen-bond acceptors (Lipinski definition) is 2. The van der Waals surface area contributed by atoms with Gasteiger partial charge in [0.1, 0.15) is 5.70 Å². The van der Waals surface area contributed by atoms with Gasteiger partial charge >= 0.3 is 6.03 Å². The molecule has 1 aliphatic rings. The van der Waals surface area contributed by atoms with Crippen molar-refractivity contribution in [1.82, 2.24) is 10.2 Å². The van der Waals surface area contributed by atoms with Crippen molar-refractivity contribution >= 4 is 11.9 Å². The van der Waals surface area contributed by atoms with E-state index in [1.807, 2.05) is 0 Å². The van der Waals surface area contributed by atoms with Crippen LogP contribution in [0.4, 0.5) is 4.79 Å². The fraction of sp³-hybridized carbons (Fsp3) is 0.333. The number of rotatable bonds is 1. The van der Waals surface area contributed by atoms with E-state index in [9.17, 15) is 9.59 Å². The molecule has 0 aromatic rings. The Hall–Kier alpha value is -1.32. The topological polar surface area (TPSA) is 49.4 Å². The van der Waals surface area contributed by atoms with Gasteiger partial charge in [-0.3, -0.25) is 9.69 Å². The van der Waals surface area contributed by atoms with Crippen LogP contribution >= 0.6 is 0 Å². The number of carbonyl (C=O) groups excluding carboxylic acids is 2. The van der Waals surface area contributed by atoms with Crippen molar-refractivity contribution in [3.63, 3.8) is 0 Å². The second-order valence-electron chi connectivity index (χ2n) is 1.96. The Bertz CT molecular complexity index is 210. The molecule has 0 aromatic carbocycles. The highest BCUT2D eigenvalue weighted by Gasteiger charge is 2.30. The van der Waals surface area contributed by atoms with E-state index in [1.165, 1.54) is 0 Å². The number of nitrogens with zero attached hydrogens (tertiary/aromatic N) is 1. The summed E-state index contributed by atoms with van der Waals surface area (Å²) in [4.78, 5) is 22.7. The summed E-state index contributed by atoms with van der Waals surface area (Å²) < 4.78 is 0. The van der Waals surface area contributed by atoms with Crippen LogP contribution in [0.15, 0.2) is 12.3 Å². The summed E-state index contributed by atoms with van der Waals surface area (Å²) >= 11 is 0. The Morgan fingerprint density at radius 1 is 1.60 bits per heavy atom. The highest BCUT2D eigenvalue weighted by molar-refractivity contribution is 6.11. The minimum atomic E-state index is -0.377. The largest absolute Gasteiger partial charge is 0.328 e. The average Bonchev–Trinajstić information content (AvgIpc) is 2.09. The van der Waals surface area contributed by atoms with Crippen molar-refractivity contribution in [2.75, 3.05) is 6.54 Å². The van der Waals surface area contributed by atoms with Crippen LogP contribution in [0.5, 0.6) is 0 Å². The van der Waals surface area contributed by atoms with Gasteiger partial charge in [0.15, 0.2) is 0 Å². The summed E-state index contributed by atoms with van der Waals surface area (Å²) in [5.41, 5.74) is 0.159. The predicted molar refractivity (Wildman–Crippen MR) is 35.1 cm³/mol. The van der Waals surface area contributed by atoms with Crippen LogP contribution in [0.2, 0.25) is 0 Å². The smallest absolute Gasteiger partial charge is 0.303 e. The van der Waals surface area contributed by atoms with Crippen molar-refractivity contribution in [3.05, 3.63) is 12.3 Å². The van der Waals surface area contributed by atoms with Crippen molar-refractivity contribution in [3.8, 4) is 0 Å². The SMILES string of the molecule is C=C1NC(=O)N(CC)C1=O. The normalized spacial score (nSPS) is 18.1. The number of nitrogens with one attached hydrogen (secondary N) is 1. The van der Waals surface area contributed by atoms with Crippen molar-refractivity contribution in [2.24, 2.45) is 0 Å². The zero-order valence-electron chi connectivity index (χ0n) is 5.68. The molecule has 1 rings (SSSR count). The van der Waals surface area contributed by atoms with Gasteiger partial charge in [-0.05, 0) is 6.92 Å². The maximum Gasteiger partial charge on any atom is 0.328 e. The Morgan fingerprint density at radius 2 is 2.20 bits per heavy atom. The molecule has 1 fully saturated rings. The number of imide groups is 1.